The third-order valence-corrected chi connectivity index (χ3v) is 2.83. The average molecular weight is 272 g/mol. The molecule has 0 bridgehead atoms. The quantitative estimate of drug-likeness (QED) is 0.914. The second kappa shape index (κ2) is 5.12. The van der Waals surface area contributed by atoms with Crippen molar-refractivity contribution in [1.29, 1.82) is 0 Å². The maximum atomic E-state index is 12.0. The van der Waals surface area contributed by atoms with Crippen LogP contribution in [0.25, 0.3) is 0 Å². The van der Waals surface area contributed by atoms with E-state index in [1.807, 2.05) is 30.3 Å². The molecule has 0 saturated heterocycles. The van der Waals surface area contributed by atoms with Gasteiger partial charge in [-0.15, -0.1) is 0 Å². The number of hydrogen-bond acceptors (Lipinski definition) is 6. The van der Waals surface area contributed by atoms with Gasteiger partial charge in [0, 0.05) is 6.42 Å². The first-order valence-electron chi connectivity index (χ1n) is 6.11. The van der Waals surface area contributed by atoms with Gasteiger partial charge in [0.05, 0.1) is 5.71 Å². The van der Waals surface area contributed by atoms with Crippen LogP contribution in [-0.4, -0.2) is 27.9 Å². The summed E-state index contributed by atoms with van der Waals surface area (Å²) in [6.45, 7) is 1.67. The average Bonchev–Trinajstić information content (AvgIpc) is 3.09. The van der Waals surface area contributed by atoms with E-state index in [1.165, 1.54) is 0 Å². The molecule has 1 aliphatic heterocycles. The molecule has 0 unspecified atom stereocenters. The van der Waals surface area contributed by atoms with Crippen LogP contribution in [0.4, 0.5) is 6.01 Å². The fourth-order valence-corrected chi connectivity index (χ4v) is 1.85. The summed E-state index contributed by atoms with van der Waals surface area (Å²) in [5.74, 6) is 0.0946. The first kappa shape index (κ1) is 12.3. The molecule has 2 aromatic rings. The smallest absolute Gasteiger partial charge is 0.328 e. The summed E-state index contributed by atoms with van der Waals surface area (Å²) in [4.78, 5) is 21.0. The number of nitrogens with one attached hydrogen (secondary N) is 1. The van der Waals surface area contributed by atoms with Gasteiger partial charge in [-0.25, -0.2) is 0 Å². The van der Waals surface area contributed by atoms with E-state index in [0.29, 0.717) is 12.2 Å². The number of carbonyl (C=O) groups is 1. The molecule has 3 rings (SSSR count). The van der Waals surface area contributed by atoms with E-state index in [0.717, 1.165) is 11.3 Å². The molecule has 1 aromatic heterocycles. The summed E-state index contributed by atoms with van der Waals surface area (Å²) in [6.07, 6.45) is -0.277. The number of anilines is 1. The number of hydrogen-bond donors (Lipinski definition) is 1. The van der Waals surface area contributed by atoms with Crippen LogP contribution in [0.5, 0.6) is 0 Å². The zero-order valence-electron chi connectivity index (χ0n) is 10.7. The first-order chi connectivity index (χ1) is 9.72. The van der Waals surface area contributed by atoms with E-state index < -0.39 is 6.10 Å². The van der Waals surface area contributed by atoms with Crippen molar-refractivity contribution in [1.82, 2.24) is 10.1 Å². The molecular weight excluding hydrogens is 260 g/mol. The van der Waals surface area contributed by atoms with Gasteiger partial charge in [-0.1, -0.05) is 40.6 Å². The van der Waals surface area contributed by atoms with Gasteiger partial charge in [0.1, 0.15) is 0 Å². The second-order valence-corrected chi connectivity index (χ2v) is 4.34. The number of benzene rings is 1. The van der Waals surface area contributed by atoms with E-state index in [1.54, 1.807) is 6.92 Å². The highest BCUT2D eigenvalue weighted by Crippen LogP contribution is 2.17. The standard InChI is InChI=1S/C13H12N4O3/c1-8-14-13(20-16-8)15-12(18)11-7-10(17-19-11)9-5-3-2-4-6-9/h2-6,11H,7H2,1H3,(H,14,15,16,18)/t11-/m0/s1. The van der Waals surface area contributed by atoms with Gasteiger partial charge in [0.25, 0.3) is 5.91 Å². The largest absolute Gasteiger partial charge is 0.382 e. The summed E-state index contributed by atoms with van der Waals surface area (Å²) in [5.41, 5.74) is 1.68. The lowest BCUT2D eigenvalue weighted by Gasteiger charge is -2.05. The molecule has 0 spiro atoms. The Balaban J connectivity index is 1.62. The van der Waals surface area contributed by atoms with E-state index in [4.69, 9.17) is 9.36 Å². The SMILES string of the molecule is Cc1noc(NC(=O)[C@@H]2CC(c3ccccc3)=NO2)n1. The summed E-state index contributed by atoms with van der Waals surface area (Å²) >= 11 is 0. The second-order valence-electron chi connectivity index (χ2n) is 4.34. The topological polar surface area (TPSA) is 89.6 Å². The lowest BCUT2D eigenvalue weighted by molar-refractivity contribution is -0.125. The number of aromatic nitrogens is 2. The number of rotatable bonds is 3. The van der Waals surface area contributed by atoms with Crippen molar-refractivity contribution >= 4 is 17.6 Å². The fourth-order valence-electron chi connectivity index (χ4n) is 1.85. The molecule has 0 aliphatic carbocycles. The van der Waals surface area contributed by atoms with Crippen molar-refractivity contribution in [2.45, 2.75) is 19.4 Å². The molecule has 1 aromatic carbocycles. The molecule has 2 heterocycles. The Kier molecular flexibility index (Phi) is 3.16. The molecule has 0 fully saturated rings. The highest BCUT2D eigenvalue weighted by molar-refractivity contribution is 6.05. The summed E-state index contributed by atoms with van der Waals surface area (Å²) in [7, 11) is 0. The van der Waals surface area contributed by atoms with Crippen molar-refractivity contribution in [3.05, 3.63) is 41.7 Å². The summed E-state index contributed by atoms with van der Waals surface area (Å²) < 4.78 is 4.82. The highest BCUT2D eigenvalue weighted by atomic mass is 16.6. The normalized spacial score (nSPS) is 17.4. The minimum atomic E-state index is -0.683. The van der Waals surface area contributed by atoms with E-state index >= 15 is 0 Å². The Morgan fingerprint density at radius 1 is 1.35 bits per heavy atom. The molecule has 0 radical (unpaired) electrons. The third-order valence-electron chi connectivity index (χ3n) is 2.83. The Bertz CT molecular complexity index is 651. The summed E-state index contributed by atoms with van der Waals surface area (Å²) in [5, 5.41) is 10.0. The van der Waals surface area contributed by atoms with Crippen molar-refractivity contribution in [2.24, 2.45) is 5.16 Å². The van der Waals surface area contributed by atoms with Crippen LogP contribution in [0, 0.1) is 6.92 Å². The summed E-state index contributed by atoms with van der Waals surface area (Å²) in [6, 6.07) is 9.64. The minimum Gasteiger partial charge on any atom is -0.382 e. The van der Waals surface area contributed by atoms with Crippen LogP contribution in [0.2, 0.25) is 0 Å². The molecule has 1 aliphatic rings. The minimum absolute atomic E-state index is 0.0595. The third kappa shape index (κ3) is 2.51. The number of carbonyl (C=O) groups excluding carboxylic acids is 1. The van der Waals surface area contributed by atoms with Crippen LogP contribution in [0.1, 0.15) is 17.8 Å². The van der Waals surface area contributed by atoms with Crippen molar-refractivity contribution < 1.29 is 14.2 Å². The Morgan fingerprint density at radius 3 is 2.85 bits per heavy atom. The van der Waals surface area contributed by atoms with Crippen LogP contribution >= 0.6 is 0 Å². The van der Waals surface area contributed by atoms with Crippen molar-refractivity contribution in [3.63, 3.8) is 0 Å². The predicted molar refractivity (Wildman–Crippen MR) is 70.1 cm³/mol. The highest BCUT2D eigenvalue weighted by Gasteiger charge is 2.29. The first-order valence-corrected chi connectivity index (χ1v) is 6.11. The fraction of sp³-hybridized carbons (Fsp3) is 0.231. The van der Waals surface area contributed by atoms with Crippen LogP contribution in [0.15, 0.2) is 40.0 Å². The van der Waals surface area contributed by atoms with Gasteiger partial charge >= 0.3 is 6.01 Å². The number of oxime groups is 1. The number of amides is 1. The maximum Gasteiger partial charge on any atom is 0.328 e. The molecule has 102 valence electrons. The lowest BCUT2D eigenvalue weighted by atomic mass is 10.1. The van der Waals surface area contributed by atoms with Crippen molar-refractivity contribution in [2.75, 3.05) is 5.32 Å². The lowest BCUT2D eigenvalue weighted by Crippen LogP contribution is -2.28. The van der Waals surface area contributed by atoms with Gasteiger partial charge in [0.15, 0.2) is 5.82 Å². The Labute approximate surface area is 114 Å². The Hall–Kier alpha value is -2.70. The van der Waals surface area contributed by atoms with E-state index in [2.05, 4.69) is 20.6 Å². The predicted octanol–water partition coefficient (Wildman–Crippen LogP) is 1.51. The molecule has 7 heteroatoms. The monoisotopic (exact) mass is 272 g/mol. The van der Waals surface area contributed by atoms with Crippen LogP contribution in [-0.2, 0) is 9.63 Å². The molecular formula is C13H12N4O3. The molecule has 7 nitrogen and oxygen atoms in total. The molecule has 1 amide bonds. The molecule has 20 heavy (non-hydrogen) atoms. The van der Waals surface area contributed by atoms with Gasteiger partial charge < -0.3 is 9.36 Å². The van der Waals surface area contributed by atoms with Gasteiger partial charge in [0.2, 0.25) is 6.10 Å². The van der Waals surface area contributed by atoms with Gasteiger partial charge in [-0.3, -0.25) is 10.1 Å². The van der Waals surface area contributed by atoms with E-state index in [-0.39, 0.29) is 11.9 Å². The molecule has 1 atom stereocenters. The van der Waals surface area contributed by atoms with Crippen LogP contribution in [0.3, 0.4) is 0 Å². The Morgan fingerprint density at radius 2 is 2.15 bits per heavy atom. The zero-order chi connectivity index (χ0) is 13.9. The number of aryl methyl sites for hydroxylation is 1. The molecule has 0 saturated carbocycles. The van der Waals surface area contributed by atoms with Crippen LogP contribution < -0.4 is 5.32 Å². The zero-order valence-corrected chi connectivity index (χ0v) is 10.7. The van der Waals surface area contributed by atoms with Gasteiger partial charge in [-0.2, -0.15) is 4.98 Å². The van der Waals surface area contributed by atoms with Gasteiger partial charge in [-0.05, 0) is 12.5 Å². The van der Waals surface area contributed by atoms with Crippen molar-refractivity contribution in [3.8, 4) is 0 Å². The molecule has 1 N–H and O–H groups in total. The van der Waals surface area contributed by atoms with E-state index in [9.17, 15) is 4.79 Å². The maximum absolute atomic E-state index is 12.0. The number of nitrogens with zero attached hydrogens (tertiary/aromatic N) is 3.